The van der Waals surface area contributed by atoms with Crippen LogP contribution in [0.25, 0.3) is 0 Å². The minimum Gasteiger partial charge on any atom is -0.369 e. The van der Waals surface area contributed by atoms with Crippen molar-refractivity contribution in [2.24, 2.45) is 10.7 Å². The van der Waals surface area contributed by atoms with Crippen molar-refractivity contribution in [3.8, 4) is 0 Å². The van der Waals surface area contributed by atoms with Gasteiger partial charge in [-0.25, -0.2) is 39.9 Å². The van der Waals surface area contributed by atoms with Crippen molar-refractivity contribution in [2.45, 2.75) is 41.7 Å². The number of hydrogen-bond donors (Lipinski definition) is 2. The number of aromatic nitrogens is 1. The Kier molecular flexibility index (Phi) is 6.04. The molecule has 1 amide bonds. The van der Waals surface area contributed by atoms with Gasteiger partial charge in [-0.3, -0.25) is 4.79 Å². The highest BCUT2D eigenvalue weighted by atomic mass is 32.2. The summed E-state index contributed by atoms with van der Waals surface area (Å²) >= 11 is 0. The molecule has 3 N–H and O–H groups in total. The number of amides is 1. The van der Waals surface area contributed by atoms with E-state index in [1.165, 1.54) is 32.2 Å². The third-order valence-electron chi connectivity index (χ3n) is 7.61. The highest BCUT2D eigenvalue weighted by Gasteiger charge is 2.67. The number of halogens is 2. The minimum absolute atomic E-state index is 0.0782. The van der Waals surface area contributed by atoms with Crippen LogP contribution >= 0.6 is 0 Å². The number of pyridine rings is 1. The van der Waals surface area contributed by atoms with E-state index in [1.807, 2.05) is 0 Å². The molecule has 0 radical (unpaired) electrons. The van der Waals surface area contributed by atoms with Gasteiger partial charge in [0.05, 0.1) is 11.4 Å². The summed E-state index contributed by atoms with van der Waals surface area (Å²) in [6, 6.07) is 5.80. The highest BCUT2D eigenvalue weighted by Crippen LogP contribution is 2.53. The van der Waals surface area contributed by atoms with E-state index in [9.17, 15) is 26.0 Å². The lowest BCUT2D eigenvalue weighted by atomic mass is 9.78. The number of sulfonamides is 2. The Morgan fingerprint density at radius 1 is 1.21 bits per heavy atom. The number of rotatable bonds is 5. The quantitative estimate of drug-likeness (QED) is 0.552. The monoisotopic (exact) mass is 568 g/mol. The summed E-state index contributed by atoms with van der Waals surface area (Å²) in [5.41, 5.74) is 3.95. The van der Waals surface area contributed by atoms with Crippen molar-refractivity contribution < 1.29 is 30.4 Å². The van der Waals surface area contributed by atoms with Crippen molar-refractivity contribution in [1.82, 2.24) is 13.6 Å². The van der Waals surface area contributed by atoms with E-state index in [4.69, 9.17) is 5.73 Å². The van der Waals surface area contributed by atoms with E-state index in [0.717, 1.165) is 26.9 Å². The molecule has 204 valence electrons. The van der Waals surface area contributed by atoms with E-state index in [0.29, 0.717) is 12.8 Å². The number of aliphatic imine (C=N–C) groups is 1. The first-order valence-electron chi connectivity index (χ1n) is 11.8. The van der Waals surface area contributed by atoms with E-state index < -0.39 is 59.7 Å². The third kappa shape index (κ3) is 3.86. The molecule has 1 aliphatic carbocycles. The van der Waals surface area contributed by atoms with Crippen LogP contribution in [0.2, 0.25) is 0 Å². The zero-order valence-corrected chi connectivity index (χ0v) is 22.2. The van der Waals surface area contributed by atoms with Gasteiger partial charge in [-0.05, 0) is 56.5 Å². The topological polar surface area (TPSA) is 155 Å². The largest absolute Gasteiger partial charge is 0.369 e. The molecule has 1 spiro atoms. The van der Waals surface area contributed by atoms with Crippen molar-refractivity contribution in [3.63, 3.8) is 0 Å². The summed E-state index contributed by atoms with van der Waals surface area (Å²) in [5.74, 6) is -2.53. The molecule has 11 nitrogen and oxygen atoms in total. The average Bonchev–Trinajstić information content (AvgIpc) is 3.62. The molecule has 0 unspecified atom stereocenters. The van der Waals surface area contributed by atoms with Crippen molar-refractivity contribution in [2.75, 3.05) is 25.5 Å². The number of benzene rings is 1. The molecule has 2 aromatic rings. The number of nitrogens with zero attached hydrogens (tertiary/aromatic N) is 4. The van der Waals surface area contributed by atoms with Crippen LogP contribution in [-0.4, -0.2) is 72.4 Å². The fraction of sp³-hybridized carbons (Fsp3) is 0.435. The molecule has 2 aliphatic heterocycles. The number of carbonyl (C=O) groups is 1. The van der Waals surface area contributed by atoms with Gasteiger partial charge in [-0.1, -0.05) is 0 Å². The number of carbonyl (C=O) groups excluding carboxylic acids is 1. The summed E-state index contributed by atoms with van der Waals surface area (Å²) in [6.07, 6.45) is 1.73. The van der Waals surface area contributed by atoms with Gasteiger partial charge in [0.2, 0.25) is 26.0 Å². The number of nitrogens with two attached hydrogens (primary N) is 1. The average molecular weight is 569 g/mol. The maximum atomic E-state index is 15.5. The van der Waals surface area contributed by atoms with Gasteiger partial charge in [0.25, 0.3) is 5.91 Å². The van der Waals surface area contributed by atoms with Crippen LogP contribution < -0.4 is 11.1 Å². The molecule has 15 heteroatoms. The van der Waals surface area contributed by atoms with Crippen LogP contribution in [0.5, 0.6) is 0 Å². The first-order valence-corrected chi connectivity index (χ1v) is 14.7. The molecule has 1 aromatic heterocycles. The smallest absolute Gasteiger partial charge is 0.274 e. The maximum Gasteiger partial charge on any atom is 0.274 e. The number of guanidine groups is 1. The van der Waals surface area contributed by atoms with Crippen LogP contribution in [-0.2, 0) is 25.6 Å². The fourth-order valence-corrected chi connectivity index (χ4v) is 9.29. The van der Waals surface area contributed by atoms with Gasteiger partial charge in [0.1, 0.15) is 27.6 Å². The third-order valence-corrected chi connectivity index (χ3v) is 12.6. The molecular weight excluding hydrogens is 542 g/mol. The zero-order chi connectivity index (χ0) is 27.7. The molecule has 38 heavy (non-hydrogen) atoms. The second-order valence-electron chi connectivity index (χ2n) is 9.85. The predicted octanol–water partition coefficient (Wildman–Crippen LogP) is 1.35. The van der Waals surface area contributed by atoms with Crippen LogP contribution in [0.4, 0.5) is 14.5 Å². The maximum absolute atomic E-state index is 15.5. The van der Waals surface area contributed by atoms with Gasteiger partial charge in [0, 0.05) is 31.4 Å². The molecule has 1 aromatic carbocycles. The van der Waals surface area contributed by atoms with Gasteiger partial charge in [-0.2, -0.15) is 4.31 Å². The lowest BCUT2D eigenvalue weighted by Crippen LogP contribution is -2.66. The van der Waals surface area contributed by atoms with E-state index in [-0.39, 0.29) is 35.9 Å². The lowest BCUT2D eigenvalue weighted by molar-refractivity contribution is 0.102. The predicted molar refractivity (Wildman–Crippen MR) is 135 cm³/mol. The van der Waals surface area contributed by atoms with Crippen LogP contribution in [0.1, 0.15) is 42.2 Å². The molecule has 3 aliphatic rings. The van der Waals surface area contributed by atoms with E-state index in [1.54, 1.807) is 0 Å². The van der Waals surface area contributed by atoms with Crippen LogP contribution in [0, 0.1) is 11.6 Å². The Hall–Kier alpha value is -3.17. The number of anilines is 1. The van der Waals surface area contributed by atoms with Crippen LogP contribution in [0.15, 0.2) is 41.5 Å². The molecule has 3 heterocycles. The fourth-order valence-electron chi connectivity index (χ4n) is 5.17. The van der Waals surface area contributed by atoms with Gasteiger partial charge in [0.15, 0.2) is 0 Å². The van der Waals surface area contributed by atoms with Crippen molar-refractivity contribution in [3.05, 3.63) is 59.4 Å². The SMILES string of the molecule is CN1C(N)=N[C@](C)(c2cc(NC(=O)c3ccc(F)cn3)ccc2F)[C@@]2(CCN(S(=O)(=O)C3CC3)C2)S1(=O)=O. The summed E-state index contributed by atoms with van der Waals surface area (Å²) in [7, 11) is -6.85. The van der Waals surface area contributed by atoms with Crippen molar-refractivity contribution in [1.29, 1.82) is 0 Å². The van der Waals surface area contributed by atoms with Crippen molar-refractivity contribution >= 4 is 37.6 Å². The Morgan fingerprint density at radius 2 is 1.92 bits per heavy atom. The number of hydrogen-bond acceptors (Lipinski definition) is 8. The number of nitrogens with one attached hydrogen (secondary N) is 1. The molecule has 1 saturated carbocycles. The van der Waals surface area contributed by atoms with Crippen LogP contribution in [0.3, 0.4) is 0 Å². The molecule has 5 rings (SSSR count). The first-order chi connectivity index (χ1) is 17.7. The summed E-state index contributed by atoms with van der Waals surface area (Å²) in [5, 5.41) is 1.98. The standard InChI is InChI=1S/C23H26F2N6O5S2/c1-22(17-11-15(4-7-18(17)25)28-20(32)19-8-3-14(24)12-27-19)23(38(35,36)30(2)21(26)29-22)9-10-31(13-23)37(33,34)16-5-6-16/h3-4,7-8,11-12,16H,5-6,9-10,13H2,1-2H3,(H2,26,29)(H,28,32)/t22-,23+/m1/s1. The van der Waals surface area contributed by atoms with E-state index in [2.05, 4.69) is 15.3 Å². The first kappa shape index (κ1) is 26.4. The molecule has 2 fully saturated rings. The Labute approximate surface area is 218 Å². The Bertz CT molecular complexity index is 1560. The van der Waals surface area contributed by atoms with E-state index >= 15 is 4.39 Å². The second-order valence-corrected chi connectivity index (χ2v) is 14.3. The zero-order valence-electron chi connectivity index (χ0n) is 20.6. The highest BCUT2D eigenvalue weighted by molar-refractivity contribution is 7.91. The Morgan fingerprint density at radius 3 is 2.55 bits per heavy atom. The molecule has 1 saturated heterocycles. The minimum atomic E-state index is -4.33. The summed E-state index contributed by atoms with van der Waals surface area (Å²) in [6.45, 7) is 0.899. The summed E-state index contributed by atoms with van der Waals surface area (Å²) < 4.78 is 82.6. The molecule has 0 bridgehead atoms. The Balaban J connectivity index is 1.60. The van der Waals surface area contributed by atoms with Gasteiger partial charge >= 0.3 is 0 Å². The van der Waals surface area contributed by atoms with Gasteiger partial charge in [-0.15, -0.1) is 0 Å². The lowest BCUT2D eigenvalue weighted by Gasteiger charge is -2.48. The summed E-state index contributed by atoms with van der Waals surface area (Å²) in [4.78, 5) is 20.8. The van der Waals surface area contributed by atoms with Gasteiger partial charge < -0.3 is 11.1 Å². The normalized spacial score (nSPS) is 27.4. The molecule has 2 atom stereocenters. The second kappa shape index (κ2) is 8.68. The molecular formula is C23H26F2N6O5S2.